The number of rotatable bonds is 6. The third kappa shape index (κ3) is 3.46. The lowest BCUT2D eigenvalue weighted by Crippen LogP contribution is -2.41. The molecule has 16 heavy (non-hydrogen) atoms. The lowest BCUT2D eigenvalue weighted by molar-refractivity contribution is -0.129. The topological polar surface area (TPSA) is 35.6 Å². The van der Waals surface area contributed by atoms with Crippen molar-refractivity contribution >= 4 is 5.91 Å². The Hall–Kier alpha value is -0.610. The Morgan fingerprint density at radius 1 is 1.38 bits per heavy atom. The van der Waals surface area contributed by atoms with Gasteiger partial charge in [0.05, 0.1) is 6.54 Å². The lowest BCUT2D eigenvalue weighted by atomic mass is 10.2. The summed E-state index contributed by atoms with van der Waals surface area (Å²) in [7, 11) is 0. The molecule has 1 heterocycles. The molecule has 1 amide bonds. The molecule has 1 unspecified atom stereocenters. The monoisotopic (exact) mass is 227 g/mol. The first-order chi connectivity index (χ1) is 7.72. The van der Waals surface area contributed by atoms with Crippen LogP contribution in [-0.2, 0) is 4.79 Å². The van der Waals surface area contributed by atoms with E-state index in [1.54, 1.807) is 0 Å². The summed E-state index contributed by atoms with van der Waals surface area (Å²) in [6.07, 6.45) is 1.12. The number of likely N-dealkylation sites (tertiary alicyclic amines) is 1. The van der Waals surface area contributed by atoms with Gasteiger partial charge in [-0.1, -0.05) is 20.8 Å². The minimum absolute atomic E-state index is 0.247. The van der Waals surface area contributed by atoms with Gasteiger partial charge in [0.25, 0.3) is 0 Å². The molecule has 1 rings (SSSR count). The van der Waals surface area contributed by atoms with Crippen molar-refractivity contribution in [1.29, 1.82) is 0 Å². The van der Waals surface area contributed by atoms with E-state index in [0.717, 1.165) is 39.1 Å². The molecule has 0 aromatic carbocycles. The second-order valence-electron chi connectivity index (χ2n) is 4.28. The van der Waals surface area contributed by atoms with Crippen LogP contribution in [0.15, 0.2) is 0 Å². The summed E-state index contributed by atoms with van der Waals surface area (Å²) in [4.78, 5) is 16.2. The summed E-state index contributed by atoms with van der Waals surface area (Å²) in [6.45, 7) is 11.7. The molecule has 0 aromatic heterocycles. The number of hydrogen-bond donors (Lipinski definition) is 1. The fourth-order valence-electron chi connectivity index (χ4n) is 2.35. The van der Waals surface area contributed by atoms with Gasteiger partial charge in [-0.2, -0.15) is 0 Å². The molecule has 1 N–H and O–H groups in total. The number of nitrogens with zero attached hydrogens (tertiary/aromatic N) is 2. The van der Waals surface area contributed by atoms with Crippen molar-refractivity contribution < 1.29 is 4.79 Å². The molecule has 0 aromatic rings. The zero-order valence-electron chi connectivity index (χ0n) is 10.8. The van der Waals surface area contributed by atoms with Gasteiger partial charge in [-0.05, 0) is 26.1 Å². The van der Waals surface area contributed by atoms with Crippen LogP contribution in [0.25, 0.3) is 0 Å². The Kier molecular flexibility index (Phi) is 5.77. The van der Waals surface area contributed by atoms with Crippen molar-refractivity contribution in [2.75, 3.05) is 39.3 Å². The minimum atomic E-state index is 0.247. The molecule has 4 nitrogen and oxygen atoms in total. The molecular weight excluding hydrogens is 202 g/mol. The van der Waals surface area contributed by atoms with Crippen LogP contribution in [0, 0.1) is 0 Å². The Morgan fingerprint density at radius 2 is 2.06 bits per heavy atom. The molecule has 0 radical (unpaired) electrons. The van der Waals surface area contributed by atoms with Crippen LogP contribution < -0.4 is 5.32 Å². The van der Waals surface area contributed by atoms with Crippen LogP contribution in [-0.4, -0.2) is 61.0 Å². The van der Waals surface area contributed by atoms with E-state index < -0.39 is 0 Å². The van der Waals surface area contributed by atoms with Crippen molar-refractivity contribution in [1.82, 2.24) is 15.1 Å². The fourth-order valence-corrected chi connectivity index (χ4v) is 2.35. The molecule has 4 heteroatoms. The maximum Gasteiger partial charge on any atom is 0.236 e. The highest BCUT2D eigenvalue weighted by Gasteiger charge is 2.28. The van der Waals surface area contributed by atoms with Crippen LogP contribution in [0.3, 0.4) is 0 Å². The van der Waals surface area contributed by atoms with E-state index in [2.05, 4.69) is 24.1 Å². The summed E-state index contributed by atoms with van der Waals surface area (Å²) >= 11 is 0. The van der Waals surface area contributed by atoms with Gasteiger partial charge in [0.15, 0.2) is 0 Å². The normalized spacial score (nSPS) is 20.8. The number of likely N-dealkylation sites (N-methyl/N-ethyl adjacent to an activating group) is 2. The Labute approximate surface area is 99.0 Å². The number of carbonyl (C=O) groups is 1. The summed E-state index contributed by atoms with van der Waals surface area (Å²) in [5.41, 5.74) is 0. The van der Waals surface area contributed by atoms with Gasteiger partial charge < -0.3 is 10.2 Å². The smallest absolute Gasteiger partial charge is 0.236 e. The Balaban J connectivity index is 2.36. The first-order valence-corrected chi connectivity index (χ1v) is 6.45. The molecule has 1 atom stereocenters. The second kappa shape index (κ2) is 6.86. The predicted octanol–water partition coefficient (Wildman–Crippen LogP) is 0.539. The number of hydrogen-bond acceptors (Lipinski definition) is 3. The summed E-state index contributed by atoms with van der Waals surface area (Å²) in [6, 6.07) is 0.570. The van der Waals surface area contributed by atoms with Crippen LogP contribution in [0.4, 0.5) is 0 Å². The van der Waals surface area contributed by atoms with E-state index in [9.17, 15) is 4.79 Å². The molecule has 0 spiro atoms. The maximum atomic E-state index is 11.8. The third-order valence-corrected chi connectivity index (χ3v) is 3.37. The summed E-state index contributed by atoms with van der Waals surface area (Å²) in [5.74, 6) is 0.247. The largest absolute Gasteiger partial charge is 0.340 e. The highest BCUT2D eigenvalue weighted by Crippen LogP contribution is 2.15. The number of nitrogens with one attached hydrogen (secondary N) is 1. The van der Waals surface area contributed by atoms with Gasteiger partial charge in [-0.15, -0.1) is 0 Å². The van der Waals surface area contributed by atoms with Crippen molar-refractivity contribution in [3.05, 3.63) is 0 Å². The second-order valence-corrected chi connectivity index (χ2v) is 4.28. The molecule has 0 saturated carbocycles. The zero-order valence-corrected chi connectivity index (χ0v) is 10.8. The minimum Gasteiger partial charge on any atom is -0.340 e. The maximum absolute atomic E-state index is 11.8. The first kappa shape index (κ1) is 13.5. The van der Waals surface area contributed by atoms with Crippen LogP contribution in [0.5, 0.6) is 0 Å². The highest BCUT2D eigenvalue weighted by atomic mass is 16.2. The summed E-state index contributed by atoms with van der Waals surface area (Å²) in [5, 5.41) is 3.09. The lowest BCUT2D eigenvalue weighted by Gasteiger charge is -2.26. The van der Waals surface area contributed by atoms with Gasteiger partial charge in [0.2, 0.25) is 5.91 Å². The van der Waals surface area contributed by atoms with E-state index in [1.165, 1.54) is 0 Å². The first-order valence-electron chi connectivity index (χ1n) is 6.45. The predicted molar refractivity (Wildman–Crippen MR) is 66.4 cm³/mol. The van der Waals surface area contributed by atoms with Gasteiger partial charge >= 0.3 is 0 Å². The van der Waals surface area contributed by atoms with Crippen LogP contribution in [0.2, 0.25) is 0 Å². The number of amides is 1. The average molecular weight is 227 g/mol. The van der Waals surface area contributed by atoms with E-state index in [4.69, 9.17) is 0 Å². The van der Waals surface area contributed by atoms with Gasteiger partial charge in [0, 0.05) is 19.1 Å². The number of carbonyl (C=O) groups excluding carboxylic acids is 1. The molecule has 1 aliphatic rings. The van der Waals surface area contributed by atoms with E-state index in [0.29, 0.717) is 12.6 Å². The third-order valence-electron chi connectivity index (χ3n) is 3.37. The molecule has 0 aliphatic carbocycles. The van der Waals surface area contributed by atoms with Crippen molar-refractivity contribution in [2.45, 2.75) is 33.2 Å². The summed E-state index contributed by atoms with van der Waals surface area (Å²) < 4.78 is 0. The van der Waals surface area contributed by atoms with E-state index in [1.807, 2.05) is 11.8 Å². The standard InChI is InChI=1S/C12H25N3O/c1-4-13-9-12(16)15-8-7-11(10-15)14(5-2)6-3/h11,13H,4-10H2,1-3H3. The Bertz CT molecular complexity index is 216. The van der Waals surface area contributed by atoms with Crippen LogP contribution >= 0.6 is 0 Å². The molecule has 1 saturated heterocycles. The molecule has 0 bridgehead atoms. The van der Waals surface area contributed by atoms with Gasteiger partial charge in [-0.25, -0.2) is 0 Å². The van der Waals surface area contributed by atoms with E-state index >= 15 is 0 Å². The molecular formula is C12H25N3O. The SMILES string of the molecule is CCNCC(=O)N1CCC(N(CC)CC)C1. The van der Waals surface area contributed by atoms with Crippen LogP contribution in [0.1, 0.15) is 27.2 Å². The average Bonchev–Trinajstić information content (AvgIpc) is 2.77. The quantitative estimate of drug-likeness (QED) is 0.719. The fraction of sp³-hybridized carbons (Fsp3) is 0.917. The van der Waals surface area contributed by atoms with Gasteiger partial charge in [-0.3, -0.25) is 9.69 Å². The molecule has 94 valence electrons. The van der Waals surface area contributed by atoms with E-state index in [-0.39, 0.29) is 5.91 Å². The van der Waals surface area contributed by atoms with Crippen molar-refractivity contribution in [2.24, 2.45) is 0 Å². The highest BCUT2D eigenvalue weighted by molar-refractivity contribution is 5.78. The zero-order chi connectivity index (χ0) is 12.0. The molecule has 1 fully saturated rings. The Morgan fingerprint density at radius 3 is 2.62 bits per heavy atom. The van der Waals surface area contributed by atoms with Gasteiger partial charge in [0.1, 0.15) is 0 Å². The van der Waals surface area contributed by atoms with Crippen molar-refractivity contribution in [3.63, 3.8) is 0 Å². The van der Waals surface area contributed by atoms with Crippen molar-refractivity contribution in [3.8, 4) is 0 Å². The molecule has 1 aliphatic heterocycles.